The van der Waals surface area contributed by atoms with Gasteiger partial charge in [-0.1, -0.05) is 24.3 Å². The van der Waals surface area contributed by atoms with Gasteiger partial charge in [-0.2, -0.15) is 0 Å². The lowest BCUT2D eigenvalue weighted by Gasteiger charge is -2.07. The summed E-state index contributed by atoms with van der Waals surface area (Å²) in [7, 11) is -4.50. The summed E-state index contributed by atoms with van der Waals surface area (Å²) in [5, 5.41) is 16.7. The van der Waals surface area contributed by atoms with Crippen LogP contribution in [0.25, 0.3) is 22.1 Å². The Balaban J connectivity index is 0.000000187. The maximum absolute atomic E-state index is 9.93. The predicted octanol–water partition coefficient (Wildman–Crippen LogP) is 1.23. The molecule has 4 N–H and O–H groups in total. The van der Waals surface area contributed by atoms with Gasteiger partial charge >= 0.3 is 7.82 Å². The number of phosphoric acid groups is 1. The van der Waals surface area contributed by atoms with Gasteiger partial charge < -0.3 is 20.0 Å². The minimum Gasteiger partial charge on any atom is -0.394 e. The minimum atomic E-state index is -4.50. The fourth-order valence-corrected chi connectivity index (χ4v) is 2.17. The Hall–Kier alpha value is -1.93. The number of rotatable bonds is 4. The Morgan fingerprint density at radius 1 is 0.917 bits per heavy atom. The normalized spacial score (nSPS) is 12.7. The van der Waals surface area contributed by atoms with Crippen LogP contribution in [0.4, 0.5) is 0 Å². The van der Waals surface area contributed by atoms with Gasteiger partial charge in [-0.05, 0) is 24.3 Å². The number of aromatic nitrogens is 2. The third-order valence-corrected chi connectivity index (χ3v) is 3.38. The van der Waals surface area contributed by atoms with E-state index < -0.39 is 27.1 Å². The van der Waals surface area contributed by atoms with Crippen molar-refractivity contribution in [3.8, 4) is 0 Å². The molecule has 0 amide bonds. The van der Waals surface area contributed by atoms with E-state index in [-0.39, 0.29) is 0 Å². The average Bonchev–Trinajstić information content (AvgIpc) is 2.57. The van der Waals surface area contributed by atoms with Gasteiger partial charge in [0.05, 0.1) is 35.3 Å². The molecule has 128 valence electrons. The molecule has 1 heterocycles. The lowest BCUT2D eigenvalue weighted by Crippen LogP contribution is -2.18. The highest BCUT2D eigenvalue weighted by Gasteiger charge is 2.15. The van der Waals surface area contributed by atoms with Crippen molar-refractivity contribution >= 4 is 29.9 Å². The molecule has 2 aromatic carbocycles. The van der Waals surface area contributed by atoms with Crippen molar-refractivity contribution in [2.24, 2.45) is 0 Å². The zero-order valence-corrected chi connectivity index (χ0v) is 13.5. The first kappa shape index (κ1) is 18.4. The monoisotopic (exact) mass is 352 g/mol. The van der Waals surface area contributed by atoms with Crippen LogP contribution in [0.2, 0.25) is 0 Å². The van der Waals surface area contributed by atoms with E-state index in [9.17, 15) is 4.57 Å². The quantitative estimate of drug-likeness (QED) is 0.407. The van der Waals surface area contributed by atoms with Crippen LogP contribution in [-0.4, -0.2) is 49.3 Å². The Labute approximate surface area is 137 Å². The van der Waals surface area contributed by atoms with Gasteiger partial charge in [0.25, 0.3) is 0 Å². The van der Waals surface area contributed by atoms with E-state index in [0.29, 0.717) is 0 Å². The largest absolute Gasteiger partial charge is 0.469 e. The van der Waals surface area contributed by atoms with Gasteiger partial charge in [-0.3, -0.25) is 4.52 Å². The zero-order valence-electron chi connectivity index (χ0n) is 12.6. The third kappa shape index (κ3) is 5.61. The van der Waals surface area contributed by atoms with Gasteiger partial charge in [0.1, 0.15) is 6.10 Å². The van der Waals surface area contributed by atoms with E-state index in [1.54, 1.807) is 0 Å². The van der Waals surface area contributed by atoms with Crippen LogP contribution in [0.5, 0.6) is 0 Å². The number of phosphoric ester groups is 1. The highest BCUT2D eigenvalue weighted by molar-refractivity contribution is 7.46. The summed E-state index contributed by atoms with van der Waals surface area (Å²) in [5.41, 5.74) is 3.80. The van der Waals surface area contributed by atoms with Crippen molar-refractivity contribution in [1.82, 2.24) is 9.97 Å². The van der Waals surface area contributed by atoms with E-state index >= 15 is 0 Å². The highest BCUT2D eigenvalue weighted by Crippen LogP contribution is 2.35. The molecule has 0 aliphatic carbocycles. The number of fused-ring (bicyclic) bond motifs is 2. The second kappa shape index (κ2) is 8.25. The van der Waals surface area contributed by atoms with Crippen LogP contribution in [0.1, 0.15) is 0 Å². The van der Waals surface area contributed by atoms with Crippen molar-refractivity contribution in [1.29, 1.82) is 0 Å². The van der Waals surface area contributed by atoms with Crippen LogP contribution in [0, 0.1) is 0 Å². The summed E-state index contributed by atoms with van der Waals surface area (Å²) in [5.74, 6) is 0. The van der Waals surface area contributed by atoms with E-state index in [1.807, 2.05) is 48.5 Å². The Kier molecular flexibility index (Phi) is 6.33. The number of hydrogen-bond acceptors (Lipinski definition) is 6. The maximum atomic E-state index is 9.93. The molecule has 0 spiro atoms. The molecule has 9 heteroatoms. The minimum absolute atomic E-state index is 0.569. The van der Waals surface area contributed by atoms with E-state index in [2.05, 4.69) is 14.5 Å². The second-order valence-corrected chi connectivity index (χ2v) is 6.06. The van der Waals surface area contributed by atoms with Gasteiger partial charge in [-0.15, -0.1) is 0 Å². The molecule has 0 aliphatic rings. The van der Waals surface area contributed by atoms with Gasteiger partial charge in [-0.25, -0.2) is 14.5 Å². The molecule has 0 saturated carbocycles. The molecule has 0 bridgehead atoms. The van der Waals surface area contributed by atoms with Crippen LogP contribution in [-0.2, 0) is 9.09 Å². The summed E-state index contributed by atoms with van der Waals surface area (Å²) in [6.07, 6.45) is -1.24. The van der Waals surface area contributed by atoms with Crippen LogP contribution < -0.4 is 0 Å². The summed E-state index contributed by atoms with van der Waals surface area (Å²) in [6.45, 7) is -1.15. The summed E-state index contributed by atoms with van der Waals surface area (Å²) in [4.78, 5) is 25.1. The molecule has 3 aromatic rings. The number of aliphatic hydroxyl groups is 2. The third-order valence-electron chi connectivity index (χ3n) is 2.89. The number of benzene rings is 2. The molecule has 0 aliphatic heterocycles. The number of hydrogen-bond donors (Lipinski definition) is 4. The van der Waals surface area contributed by atoms with Crippen LogP contribution in [0.3, 0.4) is 0 Å². The number of nitrogens with zero attached hydrogens (tertiary/aromatic N) is 2. The molecule has 0 radical (unpaired) electrons. The first-order valence-corrected chi connectivity index (χ1v) is 8.52. The molecule has 3 rings (SSSR count). The molecular weight excluding hydrogens is 335 g/mol. The van der Waals surface area contributed by atoms with Crippen molar-refractivity contribution in [2.75, 3.05) is 13.2 Å². The molecule has 8 nitrogen and oxygen atoms in total. The second-order valence-electron chi connectivity index (χ2n) is 4.82. The highest BCUT2D eigenvalue weighted by atomic mass is 31.2. The molecule has 1 unspecified atom stereocenters. The zero-order chi connectivity index (χ0) is 17.6. The summed E-state index contributed by atoms with van der Waals surface area (Å²) in [6, 6.07) is 15.8. The molecule has 1 atom stereocenters. The topological polar surface area (TPSA) is 133 Å². The number of para-hydroxylation sites is 4. The molecule has 0 saturated heterocycles. The molecule has 1 aromatic heterocycles. The van der Waals surface area contributed by atoms with Gasteiger partial charge in [0.15, 0.2) is 0 Å². The van der Waals surface area contributed by atoms with Gasteiger partial charge in [0.2, 0.25) is 0 Å². The lowest BCUT2D eigenvalue weighted by atomic mass is 10.2. The molecular formula is C15H17N2O6P. The fourth-order valence-electron chi connectivity index (χ4n) is 1.80. The van der Waals surface area contributed by atoms with E-state index in [0.717, 1.165) is 22.1 Å². The van der Waals surface area contributed by atoms with E-state index in [1.165, 1.54) is 0 Å². The average molecular weight is 352 g/mol. The van der Waals surface area contributed by atoms with Crippen molar-refractivity contribution in [3.63, 3.8) is 0 Å². The number of aliphatic hydroxyl groups excluding tert-OH is 2. The van der Waals surface area contributed by atoms with Gasteiger partial charge in [0, 0.05) is 0 Å². The smallest absolute Gasteiger partial charge is 0.394 e. The fraction of sp³-hybridized carbons (Fsp3) is 0.200. The first-order chi connectivity index (χ1) is 11.4. The lowest BCUT2D eigenvalue weighted by molar-refractivity contribution is 0.0419. The Bertz CT molecular complexity index is 748. The Morgan fingerprint density at radius 3 is 1.58 bits per heavy atom. The standard InChI is InChI=1S/C12H8N2.C3H9O6P/c1-2-6-10-9(5-1)13-11-7-3-4-8-12(11)14-10;4-1-3(5)2-9-10(6,7)8/h1-8H;3-5H,1-2H2,(H2,6,7,8). The predicted molar refractivity (Wildman–Crippen MR) is 88.1 cm³/mol. The van der Waals surface area contributed by atoms with E-state index in [4.69, 9.17) is 20.0 Å². The summed E-state index contributed by atoms with van der Waals surface area (Å²) < 4.78 is 13.8. The summed E-state index contributed by atoms with van der Waals surface area (Å²) >= 11 is 0. The molecule has 24 heavy (non-hydrogen) atoms. The molecule has 0 fully saturated rings. The van der Waals surface area contributed by atoms with Crippen molar-refractivity contribution in [3.05, 3.63) is 48.5 Å². The SMILES string of the molecule is O=P(O)(O)OCC(O)CO.c1ccc2nc3ccccc3nc2c1. The van der Waals surface area contributed by atoms with Crippen LogP contribution in [0.15, 0.2) is 48.5 Å². The Morgan fingerprint density at radius 2 is 1.29 bits per heavy atom. The first-order valence-electron chi connectivity index (χ1n) is 6.99. The van der Waals surface area contributed by atoms with Crippen LogP contribution >= 0.6 is 7.82 Å². The van der Waals surface area contributed by atoms with Crippen molar-refractivity contribution in [2.45, 2.75) is 6.10 Å². The maximum Gasteiger partial charge on any atom is 0.469 e. The van der Waals surface area contributed by atoms with Crippen molar-refractivity contribution < 1.29 is 29.1 Å².